The maximum atomic E-state index is 6.61. The van der Waals surface area contributed by atoms with Crippen LogP contribution in [0.15, 0.2) is 18.3 Å². The van der Waals surface area contributed by atoms with Crippen LogP contribution in [0.1, 0.15) is 18.4 Å². The number of fused-ring (bicyclic) bond motifs is 1. The Balaban J connectivity index is 1.98. The van der Waals surface area contributed by atoms with Crippen LogP contribution < -0.4 is 20.5 Å². The zero-order chi connectivity index (χ0) is 19.1. The molecule has 1 aromatic carbocycles. The molecule has 1 fully saturated rings. The molecule has 2 heterocycles. The average molecular weight is 386 g/mol. The fourth-order valence-electron chi connectivity index (χ4n) is 3.02. The zero-order valence-corrected chi connectivity index (χ0v) is 16.1. The Morgan fingerprint density at radius 1 is 1.15 bits per heavy atom. The summed E-state index contributed by atoms with van der Waals surface area (Å²) < 4.78 is 10.9. The third-order valence-corrected chi connectivity index (χ3v) is 5.00. The molecule has 3 aromatic rings. The molecule has 3 N–H and O–H groups in total. The highest BCUT2D eigenvalue weighted by Gasteiger charge is 2.25. The summed E-state index contributed by atoms with van der Waals surface area (Å²) in [5.41, 5.74) is 8.06. The number of benzene rings is 1. The summed E-state index contributed by atoms with van der Waals surface area (Å²) in [6.07, 6.45) is 3.89. The fraction of sp³-hybridized carbons (Fsp3) is 0.316. The van der Waals surface area contributed by atoms with E-state index in [1.54, 1.807) is 32.5 Å². The molecular weight excluding hydrogens is 366 g/mol. The summed E-state index contributed by atoms with van der Waals surface area (Å²) in [5.74, 6) is 2.79. The molecule has 8 heteroatoms. The molecule has 0 aliphatic heterocycles. The number of nitrogens with zero attached hydrogens (tertiary/aromatic N) is 3. The van der Waals surface area contributed by atoms with Crippen molar-refractivity contribution in [3.8, 4) is 22.9 Å². The Morgan fingerprint density at radius 2 is 1.89 bits per heavy atom. The van der Waals surface area contributed by atoms with Gasteiger partial charge in [0.05, 0.1) is 31.0 Å². The second-order valence-corrected chi connectivity index (χ2v) is 6.91. The predicted molar refractivity (Wildman–Crippen MR) is 107 cm³/mol. The number of aromatic nitrogens is 3. The van der Waals surface area contributed by atoms with Crippen LogP contribution in [-0.4, -0.2) is 35.2 Å². The number of hydrogen-bond acceptors (Lipinski definition) is 7. The van der Waals surface area contributed by atoms with Crippen molar-refractivity contribution in [2.24, 2.45) is 0 Å². The highest BCUT2D eigenvalue weighted by atomic mass is 35.5. The largest absolute Gasteiger partial charge is 0.496 e. The lowest BCUT2D eigenvalue weighted by Gasteiger charge is -2.16. The Kier molecular flexibility index (Phi) is 4.39. The molecule has 7 nitrogen and oxygen atoms in total. The Hall–Kier alpha value is -2.80. The van der Waals surface area contributed by atoms with Crippen molar-refractivity contribution in [3.05, 3.63) is 28.9 Å². The van der Waals surface area contributed by atoms with Gasteiger partial charge in [-0.2, -0.15) is 0 Å². The number of halogens is 1. The van der Waals surface area contributed by atoms with E-state index in [0.29, 0.717) is 45.3 Å². The Labute approximate surface area is 161 Å². The summed E-state index contributed by atoms with van der Waals surface area (Å²) in [7, 11) is 3.17. The molecule has 0 radical (unpaired) electrons. The van der Waals surface area contributed by atoms with E-state index >= 15 is 0 Å². The first kappa shape index (κ1) is 17.6. The van der Waals surface area contributed by atoms with Crippen LogP contribution in [0.5, 0.6) is 11.5 Å². The van der Waals surface area contributed by atoms with E-state index in [9.17, 15) is 0 Å². The smallest absolute Gasteiger partial charge is 0.164 e. The van der Waals surface area contributed by atoms with Crippen molar-refractivity contribution < 1.29 is 9.47 Å². The lowest BCUT2D eigenvalue weighted by molar-refractivity contribution is 0.393. The molecule has 1 aliphatic rings. The highest BCUT2D eigenvalue weighted by molar-refractivity contribution is 6.35. The van der Waals surface area contributed by atoms with E-state index < -0.39 is 0 Å². The van der Waals surface area contributed by atoms with E-state index in [1.807, 2.05) is 6.92 Å². The first-order valence-corrected chi connectivity index (χ1v) is 9.01. The molecule has 0 atom stereocenters. The Bertz CT molecular complexity index is 1010. The fourth-order valence-corrected chi connectivity index (χ4v) is 3.38. The molecule has 1 aliphatic carbocycles. The van der Waals surface area contributed by atoms with Gasteiger partial charge >= 0.3 is 0 Å². The maximum absolute atomic E-state index is 6.61. The Morgan fingerprint density at radius 3 is 2.56 bits per heavy atom. The summed E-state index contributed by atoms with van der Waals surface area (Å²) in [6.45, 7) is 1.92. The van der Waals surface area contributed by atoms with Crippen LogP contribution in [0.2, 0.25) is 5.02 Å². The van der Waals surface area contributed by atoms with E-state index in [4.69, 9.17) is 31.8 Å². The van der Waals surface area contributed by atoms with Gasteiger partial charge in [-0.15, -0.1) is 0 Å². The van der Waals surface area contributed by atoms with Crippen LogP contribution in [0.3, 0.4) is 0 Å². The van der Waals surface area contributed by atoms with Gasteiger partial charge in [0.25, 0.3) is 0 Å². The molecule has 0 unspecified atom stereocenters. The summed E-state index contributed by atoms with van der Waals surface area (Å²) in [4.78, 5) is 13.6. The van der Waals surface area contributed by atoms with Crippen molar-refractivity contribution in [2.45, 2.75) is 25.8 Å². The van der Waals surface area contributed by atoms with Gasteiger partial charge in [0.1, 0.15) is 23.1 Å². The summed E-state index contributed by atoms with van der Waals surface area (Å²) in [6, 6.07) is 3.96. The van der Waals surface area contributed by atoms with Crippen LogP contribution in [-0.2, 0) is 0 Å². The van der Waals surface area contributed by atoms with Crippen molar-refractivity contribution in [1.82, 2.24) is 15.0 Å². The molecular formula is C19H20ClN5O2. The molecule has 0 spiro atoms. The number of nitrogens with one attached hydrogen (secondary N) is 1. The molecule has 0 amide bonds. The quantitative estimate of drug-likeness (QED) is 0.689. The van der Waals surface area contributed by atoms with E-state index in [0.717, 1.165) is 29.6 Å². The minimum absolute atomic E-state index is 0.418. The first-order chi connectivity index (χ1) is 13.0. The van der Waals surface area contributed by atoms with Crippen molar-refractivity contribution in [1.29, 1.82) is 0 Å². The normalized spacial score (nSPS) is 13.6. The monoisotopic (exact) mass is 385 g/mol. The minimum atomic E-state index is 0.418. The first-order valence-electron chi connectivity index (χ1n) is 8.63. The molecule has 140 valence electrons. The lowest BCUT2D eigenvalue weighted by Crippen LogP contribution is -2.07. The standard InChI is InChI=1S/C19H20ClN5O2/c1-9-13(26-2)7-14(27-3)17(20)16(9)19-24-12-8-22-15(21)6-11(12)18(25-19)23-10-4-5-10/h6-8,10H,4-5H2,1-3H3,(H2,21,22)(H,23,24,25). The second kappa shape index (κ2) is 6.74. The lowest BCUT2D eigenvalue weighted by atomic mass is 10.1. The number of anilines is 2. The average Bonchev–Trinajstić information content (AvgIpc) is 3.47. The number of rotatable bonds is 5. The SMILES string of the molecule is COc1cc(OC)c(Cl)c(-c2nc(NC3CC3)c3cc(N)ncc3n2)c1C. The number of pyridine rings is 1. The van der Waals surface area contributed by atoms with Crippen molar-refractivity contribution in [2.75, 3.05) is 25.3 Å². The van der Waals surface area contributed by atoms with Gasteiger partial charge in [-0.25, -0.2) is 15.0 Å². The number of nitrogen functional groups attached to an aromatic ring is 1. The van der Waals surface area contributed by atoms with Gasteiger partial charge in [-0.05, 0) is 25.8 Å². The highest BCUT2D eigenvalue weighted by Crippen LogP contribution is 2.42. The third kappa shape index (κ3) is 3.19. The van der Waals surface area contributed by atoms with Crippen LogP contribution in [0.25, 0.3) is 22.3 Å². The number of ether oxygens (including phenoxy) is 2. The number of methoxy groups -OCH3 is 2. The van der Waals surface area contributed by atoms with Gasteiger partial charge in [0.2, 0.25) is 0 Å². The van der Waals surface area contributed by atoms with E-state index in [-0.39, 0.29) is 0 Å². The zero-order valence-electron chi connectivity index (χ0n) is 15.3. The molecule has 0 saturated heterocycles. The van der Waals surface area contributed by atoms with Crippen LogP contribution >= 0.6 is 11.6 Å². The molecule has 4 rings (SSSR count). The van der Waals surface area contributed by atoms with Crippen molar-refractivity contribution in [3.63, 3.8) is 0 Å². The van der Waals surface area contributed by atoms with Gasteiger partial charge in [-0.3, -0.25) is 0 Å². The maximum Gasteiger partial charge on any atom is 0.164 e. The van der Waals surface area contributed by atoms with Gasteiger partial charge in [-0.1, -0.05) is 11.6 Å². The number of hydrogen-bond donors (Lipinski definition) is 2. The van der Waals surface area contributed by atoms with E-state index in [2.05, 4.69) is 15.3 Å². The minimum Gasteiger partial charge on any atom is -0.496 e. The van der Waals surface area contributed by atoms with Gasteiger partial charge in [0, 0.05) is 28.6 Å². The molecule has 0 bridgehead atoms. The topological polar surface area (TPSA) is 95.2 Å². The molecule has 1 saturated carbocycles. The predicted octanol–water partition coefficient (Wildman–Crippen LogP) is 3.83. The van der Waals surface area contributed by atoms with Gasteiger partial charge in [0.15, 0.2) is 5.82 Å². The summed E-state index contributed by atoms with van der Waals surface area (Å²) in [5, 5.41) is 4.73. The molecule has 27 heavy (non-hydrogen) atoms. The van der Waals surface area contributed by atoms with Gasteiger partial charge < -0.3 is 20.5 Å². The molecule has 2 aromatic heterocycles. The van der Waals surface area contributed by atoms with Crippen LogP contribution in [0.4, 0.5) is 11.6 Å². The number of nitrogens with two attached hydrogens (primary N) is 1. The third-order valence-electron chi connectivity index (χ3n) is 4.63. The van der Waals surface area contributed by atoms with Crippen LogP contribution in [0, 0.1) is 6.92 Å². The van der Waals surface area contributed by atoms with Crippen molar-refractivity contribution >= 4 is 34.1 Å². The second-order valence-electron chi connectivity index (χ2n) is 6.54. The summed E-state index contributed by atoms with van der Waals surface area (Å²) >= 11 is 6.61. The van der Waals surface area contributed by atoms with E-state index in [1.165, 1.54) is 0 Å².